The third-order valence-electron chi connectivity index (χ3n) is 4.96. The molecule has 1 atom stereocenters. The Hall–Kier alpha value is -3.61. The summed E-state index contributed by atoms with van der Waals surface area (Å²) < 4.78 is 16.2. The number of nitrogens with one attached hydrogen (secondary N) is 1. The Labute approximate surface area is 186 Å². The predicted molar refractivity (Wildman–Crippen MR) is 119 cm³/mol. The van der Waals surface area contributed by atoms with Gasteiger partial charge in [-0.1, -0.05) is 62.4 Å². The van der Waals surface area contributed by atoms with Crippen molar-refractivity contribution >= 4 is 28.8 Å². The molecule has 0 aliphatic heterocycles. The van der Waals surface area contributed by atoms with Gasteiger partial charge in [-0.3, -0.25) is 4.79 Å². The van der Waals surface area contributed by atoms with Crippen molar-refractivity contribution in [2.24, 2.45) is 5.92 Å². The summed E-state index contributed by atoms with van der Waals surface area (Å²) in [6.45, 7) is 5.36. The van der Waals surface area contributed by atoms with Crippen molar-refractivity contribution < 1.29 is 28.3 Å². The quantitative estimate of drug-likeness (QED) is 0.508. The van der Waals surface area contributed by atoms with Gasteiger partial charge in [-0.2, -0.15) is 0 Å². The van der Waals surface area contributed by atoms with Crippen molar-refractivity contribution in [3.8, 4) is 0 Å². The highest BCUT2D eigenvalue weighted by atomic mass is 16.5. The molecule has 1 heterocycles. The van der Waals surface area contributed by atoms with Crippen LogP contribution in [0.4, 0.5) is 0 Å². The minimum absolute atomic E-state index is 0.00931. The van der Waals surface area contributed by atoms with E-state index in [2.05, 4.69) is 5.32 Å². The zero-order chi connectivity index (χ0) is 23.1. The zero-order valence-electron chi connectivity index (χ0n) is 18.4. The van der Waals surface area contributed by atoms with Crippen LogP contribution in [0.2, 0.25) is 0 Å². The van der Waals surface area contributed by atoms with Crippen molar-refractivity contribution in [1.29, 1.82) is 0 Å². The molecule has 1 N–H and O–H groups in total. The fourth-order valence-corrected chi connectivity index (χ4v) is 3.34. The maximum atomic E-state index is 12.8. The molecule has 1 amide bonds. The molecule has 0 radical (unpaired) electrons. The van der Waals surface area contributed by atoms with Gasteiger partial charge in [0.15, 0.2) is 0 Å². The van der Waals surface area contributed by atoms with Crippen LogP contribution in [0.3, 0.4) is 0 Å². The minimum Gasteiger partial charge on any atom is -0.460 e. The first-order valence-electron chi connectivity index (χ1n) is 10.6. The Morgan fingerprint density at radius 3 is 2.34 bits per heavy atom. The lowest BCUT2D eigenvalue weighted by atomic mass is 10.0. The number of rotatable bonds is 9. The van der Waals surface area contributed by atoms with E-state index in [0.717, 1.165) is 5.56 Å². The van der Waals surface area contributed by atoms with E-state index in [1.165, 1.54) is 0 Å². The van der Waals surface area contributed by atoms with Gasteiger partial charge in [-0.25, -0.2) is 9.59 Å². The van der Waals surface area contributed by atoms with Gasteiger partial charge in [0.2, 0.25) is 11.7 Å². The fraction of sp³-hybridized carbons (Fsp3) is 0.320. The first-order valence-corrected chi connectivity index (χ1v) is 10.6. The van der Waals surface area contributed by atoms with Gasteiger partial charge in [0.25, 0.3) is 0 Å². The van der Waals surface area contributed by atoms with Gasteiger partial charge in [0.1, 0.15) is 18.2 Å². The molecule has 0 aliphatic rings. The maximum absolute atomic E-state index is 12.8. The summed E-state index contributed by atoms with van der Waals surface area (Å²) >= 11 is 0. The summed E-state index contributed by atoms with van der Waals surface area (Å²) in [5.74, 6) is -1.65. The van der Waals surface area contributed by atoms with E-state index in [9.17, 15) is 14.4 Å². The molecule has 0 fully saturated rings. The van der Waals surface area contributed by atoms with Crippen LogP contribution in [0.25, 0.3) is 11.0 Å². The van der Waals surface area contributed by atoms with Crippen molar-refractivity contribution in [1.82, 2.24) is 5.32 Å². The molecule has 32 heavy (non-hydrogen) atoms. The molecule has 0 spiro atoms. The van der Waals surface area contributed by atoms with Crippen molar-refractivity contribution in [2.45, 2.75) is 39.8 Å². The van der Waals surface area contributed by atoms with Crippen LogP contribution in [-0.2, 0) is 32.1 Å². The highest BCUT2D eigenvalue weighted by Crippen LogP contribution is 2.27. The Bertz CT molecular complexity index is 1090. The number of ether oxygens (including phenoxy) is 2. The molecule has 0 unspecified atom stereocenters. The molecule has 0 bridgehead atoms. The molecule has 0 saturated heterocycles. The minimum atomic E-state index is -0.824. The molecule has 168 valence electrons. The zero-order valence-corrected chi connectivity index (χ0v) is 18.4. The number of carbonyl (C=O) groups excluding carboxylic acids is 3. The summed E-state index contributed by atoms with van der Waals surface area (Å²) in [7, 11) is 0. The van der Waals surface area contributed by atoms with E-state index in [1.54, 1.807) is 31.2 Å². The van der Waals surface area contributed by atoms with Gasteiger partial charge < -0.3 is 19.2 Å². The van der Waals surface area contributed by atoms with E-state index >= 15 is 0 Å². The topological polar surface area (TPSA) is 94.8 Å². The maximum Gasteiger partial charge on any atom is 0.374 e. The Morgan fingerprint density at radius 1 is 0.969 bits per heavy atom. The first kappa shape index (κ1) is 23.1. The summed E-state index contributed by atoms with van der Waals surface area (Å²) in [5.41, 5.74) is 1.79. The van der Waals surface area contributed by atoms with Crippen LogP contribution in [-0.4, -0.2) is 30.5 Å². The summed E-state index contributed by atoms with van der Waals surface area (Å²) in [4.78, 5) is 37.6. The number of hydrogen-bond acceptors (Lipinski definition) is 6. The average Bonchev–Trinajstić information content (AvgIpc) is 3.15. The number of esters is 2. The van der Waals surface area contributed by atoms with Gasteiger partial charge >= 0.3 is 11.9 Å². The van der Waals surface area contributed by atoms with Gasteiger partial charge in [0, 0.05) is 5.39 Å². The molecule has 3 aromatic rings. The third-order valence-corrected chi connectivity index (χ3v) is 4.96. The number of hydrogen-bond donors (Lipinski definition) is 1. The molecule has 3 rings (SSSR count). The Kier molecular flexibility index (Phi) is 7.65. The largest absolute Gasteiger partial charge is 0.460 e. The molecule has 1 aromatic heterocycles. The van der Waals surface area contributed by atoms with E-state index in [-0.39, 0.29) is 37.2 Å². The number of amides is 1. The lowest BCUT2D eigenvalue weighted by molar-refractivity contribution is -0.150. The molecular formula is C25H27NO6. The molecular weight excluding hydrogens is 410 g/mol. The van der Waals surface area contributed by atoms with Crippen molar-refractivity contribution in [2.75, 3.05) is 6.61 Å². The lowest BCUT2D eigenvalue weighted by Crippen LogP contribution is -2.45. The summed E-state index contributed by atoms with van der Waals surface area (Å²) in [5, 5.41) is 3.43. The second kappa shape index (κ2) is 10.6. The smallest absolute Gasteiger partial charge is 0.374 e. The van der Waals surface area contributed by atoms with Crippen LogP contribution >= 0.6 is 0 Å². The molecule has 2 aromatic carbocycles. The predicted octanol–water partition coefficient (Wildman–Crippen LogP) is 4.04. The molecule has 0 aliphatic carbocycles. The van der Waals surface area contributed by atoms with Crippen LogP contribution in [0.15, 0.2) is 59.0 Å². The monoisotopic (exact) mass is 437 g/mol. The number of para-hydroxylation sites is 1. The van der Waals surface area contributed by atoms with Crippen LogP contribution < -0.4 is 5.32 Å². The summed E-state index contributed by atoms with van der Waals surface area (Å²) in [6.07, 6.45) is 0.163. The Morgan fingerprint density at radius 2 is 1.66 bits per heavy atom. The first-order chi connectivity index (χ1) is 15.4. The summed E-state index contributed by atoms with van der Waals surface area (Å²) in [6, 6.07) is 15.6. The van der Waals surface area contributed by atoms with E-state index in [1.807, 2.05) is 44.2 Å². The van der Waals surface area contributed by atoms with E-state index < -0.39 is 18.0 Å². The molecule has 7 nitrogen and oxygen atoms in total. The van der Waals surface area contributed by atoms with Crippen LogP contribution in [0.1, 0.15) is 42.5 Å². The third kappa shape index (κ3) is 5.55. The standard InChI is InChI=1S/C25H27NO6/c1-4-30-25(29)23-19(18-12-8-9-13-20(18)32-23)15-31-24(28)22(16(2)3)26-21(27)14-17-10-6-5-7-11-17/h5-13,16,22H,4,14-15H2,1-3H3,(H,26,27)/t22-/m0/s1. The van der Waals surface area contributed by atoms with Gasteiger partial charge in [-0.15, -0.1) is 0 Å². The molecule has 0 saturated carbocycles. The lowest BCUT2D eigenvalue weighted by Gasteiger charge is -2.21. The number of carbonyl (C=O) groups is 3. The highest BCUT2D eigenvalue weighted by Gasteiger charge is 2.28. The van der Waals surface area contributed by atoms with Gasteiger partial charge in [-0.05, 0) is 24.5 Å². The Balaban J connectivity index is 1.72. The van der Waals surface area contributed by atoms with Crippen LogP contribution in [0, 0.1) is 5.92 Å². The second-order valence-electron chi connectivity index (χ2n) is 7.69. The van der Waals surface area contributed by atoms with Crippen molar-refractivity contribution in [3.05, 3.63) is 71.5 Å². The van der Waals surface area contributed by atoms with Crippen molar-refractivity contribution in [3.63, 3.8) is 0 Å². The van der Waals surface area contributed by atoms with E-state index in [0.29, 0.717) is 16.5 Å². The highest BCUT2D eigenvalue weighted by molar-refractivity contribution is 5.96. The number of benzene rings is 2. The SMILES string of the molecule is CCOC(=O)c1oc2ccccc2c1COC(=O)[C@@H](NC(=O)Cc1ccccc1)C(C)C. The molecule has 7 heteroatoms. The fourth-order valence-electron chi connectivity index (χ4n) is 3.34. The van der Waals surface area contributed by atoms with E-state index in [4.69, 9.17) is 13.9 Å². The number of furan rings is 1. The number of fused-ring (bicyclic) bond motifs is 1. The van der Waals surface area contributed by atoms with Crippen LogP contribution in [0.5, 0.6) is 0 Å². The normalized spacial score (nSPS) is 11.9. The second-order valence-corrected chi connectivity index (χ2v) is 7.69. The van der Waals surface area contributed by atoms with Gasteiger partial charge in [0.05, 0.1) is 18.6 Å². The average molecular weight is 437 g/mol.